The predicted molar refractivity (Wildman–Crippen MR) is 44.0 cm³/mol. The number of hydrazine groups is 1. The van der Waals surface area contributed by atoms with Gasteiger partial charge in [0.1, 0.15) is 11.9 Å². The van der Waals surface area contributed by atoms with Crippen molar-refractivity contribution in [3.63, 3.8) is 0 Å². The van der Waals surface area contributed by atoms with Crippen LogP contribution in [0.5, 0.6) is 0 Å². The highest BCUT2D eigenvalue weighted by Crippen LogP contribution is 2.17. The lowest BCUT2D eigenvalue weighted by molar-refractivity contribution is 0.0930. The monoisotopic (exact) mass is 190 g/mol. The topological polar surface area (TPSA) is 55.9 Å². The van der Waals surface area contributed by atoms with Crippen LogP contribution < -0.4 is 11.3 Å². The molecule has 0 aromatic carbocycles. The van der Waals surface area contributed by atoms with Gasteiger partial charge in [0.2, 0.25) is 0 Å². The van der Waals surface area contributed by atoms with E-state index in [4.69, 9.17) is 5.84 Å². The molecule has 0 aliphatic rings. The van der Waals surface area contributed by atoms with Gasteiger partial charge < -0.3 is 4.57 Å². The Hall–Kier alpha value is -1.01. The molecule has 1 atom stereocenters. The van der Waals surface area contributed by atoms with Crippen molar-refractivity contribution in [2.75, 3.05) is 0 Å². The van der Waals surface area contributed by atoms with Crippen molar-refractivity contribution < 1.29 is 8.78 Å². The number of aromatic nitrogens is 2. The lowest BCUT2D eigenvalue weighted by Crippen LogP contribution is -2.34. The van der Waals surface area contributed by atoms with Gasteiger partial charge in [-0.2, -0.15) is 0 Å². The van der Waals surface area contributed by atoms with Crippen LogP contribution in [-0.4, -0.2) is 16.0 Å². The number of nitrogens with one attached hydrogen (secondary N) is 1. The Labute approximate surface area is 74.7 Å². The van der Waals surface area contributed by atoms with Crippen molar-refractivity contribution in [3.05, 3.63) is 18.2 Å². The smallest absolute Gasteiger partial charge is 0.262 e. The average molecular weight is 190 g/mol. The van der Waals surface area contributed by atoms with Crippen LogP contribution in [0.2, 0.25) is 0 Å². The van der Waals surface area contributed by atoms with Crippen molar-refractivity contribution in [3.8, 4) is 0 Å². The molecule has 0 radical (unpaired) electrons. The Morgan fingerprint density at radius 2 is 2.38 bits per heavy atom. The minimum absolute atomic E-state index is 0.264. The van der Waals surface area contributed by atoms with Crippen LogP contribution in [0.3, 0.4) is 0 Å². The summed E-state index contributed by atoms with van der Waals surface area (Å²) in [5.41, 5.74) is 2.05. The second kappa shape index (κ2) is 4.29. The molecule has 1 aromatic heterocycles. The molecule has 13 heavy (non-hydrogen) atoms. The fourth-order valence-corrected chi connectivity index (χ4v) is 1.13. The van der Waals surface area contributed by atoms with Crippen LogP contribution in [0, 0.1) is 0 Å². The Bertz CT molecular complexity index is 261. The number of nitrogens with zero attached hydrogens (tertiary/aromatic N) is 2. The molecule has 0 saturated carbocycles. The van der Waals surface area contributed by atoms with Crippen LogP contribution in [0.25, 0.3) is 0 Å². The fraction of sp³-hybridized carbons (Fsp3) is 0.571. The zero-order valence-corrected chi connectivity index (χ0v) is 7.24. The minimum atomic E-state index is -2.56. The lowest BCUT2D eigenvalue weighted by atomic mass is 10.3. The highest BCUT2D eigenvalue weighted by Gasteiger charge is 2.24. The first kappa shape index (κ1) is 10.1. The third kappa shape index (κ3) is 2.02. The summed E-state index contributed by atoms with van der Waals surface area (Å²) >= 11 is 0. The van der Waals surface area contributed by atoms with Crippen LogP contribution in [0.1, 0.15) is 18.8 Å². The number of rotatable bonds is 4. The highest BCUT2D eigenvalue weighted by atomic mass is 19.3. The lowest BCUT2D eigenvalue weighted by Gasteiger charge is -2.15. The Balaban J connectivity index is 2.90. The van der Waals surface area contributed by atoms with Crippen molar-refractivity contribution in [1.82, 2.24) is 15.0 Å². The molecule has 0 bridgehead atoms. The number of aryl methyl sites for hydroxylation is 1. The first-order valence-corrected chi connectivity index (χ1v) is 3.96. The van der Waals surface area contributed by atoms with Crippen LogP contribution in [-0.2, 0) is 6.54 Å². The maximum absolute atomic E-state index is 12.4. The average Bonchev–Trinajstić information content (AvgIpc) is 2.53. The van der Waals surface area contributed by atoms with Gasteiger partial charge in [-0.1, -0.05) is 0 Å². The van der Waals surface area contributed by atoms with Gasteiger partial charge in [0, 0.05) is 18.9 Å². The number of hydrogen-bond acceptors (Lipinski definition) is 3. The molecule has 1 rings (SSSR count). The van der Waals surface area contributed by atoms with E-state index in [-0.39, 0.29) is 5.82 Å². The molecule has 4 nitrogen and oxygen atoms in total. The summed E-state index contributed by atoms with van der Waals surface area (Å²) in [5, 5.41) is 0. The molecule has 0 aliphatic heterocycles. The van der Waals surface area contributed by atoms with E-state index in [0.717, 1.165) is 0 Å². The highest BCUT2D eigenvalue weighted by molar-refractivity contribution is 4.99. The molecule has 1 unspecified atom stereocenters. The van der Waals surface area contributed by atoms with E-state index in [2.05, 4.69) is 4.98 Å². The summed E-state index contributed by atoms with van der Waals surface area (Å²) < 4.78 is 26.4. The SMILES string of the molecule is CCn1ccnc1C(NN)C(F)F. The zero-order chi connectivity index (χ0) is 9.84. The third-order valence-corrected chi connectivity index (χ3v) is 1.80. The van der Waals surface area contributed by atoms with Gasteiger partial charge in [-0.05, 0) is 6.92 Å². The first-order chi connectivity index (χ1) is 6.20. The fourth-order valence-electron chi connectivity index (χ4n) is 1.13. The largest absolute Gasteiger partial charge is 0.334 e. The number of imidazole rings is 1. The van der Waals surface area contributed by atoms with E-state index in [1.165, 1.54) is 6.20 Å². The molecule has 6 heteroatoms. The van der Waals surface area contributed by atoms with E-state index in [1.807, 2.05) is 12.3 Å². The molecule has 74 valence electrons. The summed E-state index contributed by atoms with van der Waals surface area (Å²) in [6, 6.07) is -1.20. The van der Waals surface area contributed by atoms with Crippen molar-refractivity contribution in [1.29, 1.82) is 0 Å². The Morgan fingerprint density at radius 1 is 1.69 bits per heavy atom. The number of nitrogens with two attached hydrogens (primary N) is 1. The minimum Gasteiger partial charge on any atom is -0.334 e. The maximum Gasteiger partial charge on any atom is 0.262 e. The summed E-state index contributed by atoms with van der Waals surface area (Å²) in [6.07, 6.45) is 0.561. The van der Waals surface area contributed by atoms with Gasteiger partial charge in [-0.3, -0.25) is 5.84 Å². The van der Waals surface area contributed by atoms with E-state index in [0.29, 0.717) is 6.54 Å². The molecule has 3 N–H and O–H groups in total. The summed E-state index contributed by atoms with van der Waals surface area (Å²) in [4.78, 5) is 3.82. The normalized spacial score (nSPS) is 13.6. The molecule has 0 saturated heterocycles. The summed E-state index contributed by atoms with van der Waals surface area (Å²) in [5.74, 6) is 5.27. The van der Waals surface area contributed by atoms with Crippen LogP contribution in [0.15, 0.2) is 12.4 Å². The molecule has 0 amide bonds. The van der Waals surface area contributed by atoms with Gasteiger partial charge in [0.15, 0.2) is 0 Å². The molecule has 1 heterocycles. The Morgan fingerprint density at radius 3 is 2.85 bits per heavy atom. The van der Waals surface area contributed by atoms with Crippen molar-refractivity contribution in [2.45, 2.75) is 25.9 Å². The van der Waals surface area contributed by atoms with Crippen LogP contribution in [0.4, 0.5) is 8.78 Å². The first-order valence-electron chi connectivity index (χ1n) is 3.96. The predicted octanol–water partition coefficient (Wildman–Crippen LogP) is 0.672. The second-order valence-electron chi connectivity index (χ2n) is 2.55. The van der Waals surface area contributed by atoms with E-state index in [9.17, 15) is 8.78 Å². The van der Waals surface area contributed by atoms with Gasteiger partial charge in [0.25, 0.3) is 6.43 Å². The summed E-state index contributed by atoms with van der Waals surface area (Å²) in [7, 11) is 0. The molecule has 1 aromatic rings. The van der Waals surface area contributed by atoms with E-state index >= 15 is 0 Å². The van der Waals surface area contributed by atoms with Crippen molar-refractivity contribution in [2.24, 2.45) is 5.84 Å². The maximum atomic E-state index is 12.4. The van der Waals surface area contributed by atoms with Gasteiger partial charge in [-0.25, -0.2) is 19.2 Å². The molecule has 0 aliphatic carbocycles. The molecular formula is C7H12F2N4. The molecule has 0 fully saturated rings. The standard InChI is InChI=1S/C7H12F2N4/c1-2-13-4-3-11-7(13)5(12-10)6(8)9/h3-6,12H,2,10H2,1H3. The molecule has 0 spiro atoms. The molecular weight excluding hydrogens is 178 g/mol. The zero-order valence-electron chi connectivity index (χ0n) is 7.24. The third-order valence-electron chi connectivity index (χ3n) is 1.80. The van der Waals surface area contributed by atoms with E-state index in [1.54, 1.807) is 10.8 Å². The van der Waals surface area contributed by atoms with Crippen molar-refractivity contribution >= 4 is 0 Å². The number of halogens is 2. The summed E-state index contributed by atoms with van der Waals surface area (Å²) in [6.45, 7) is 2.45. The quantitative estimate of drug-likeness (QED) is 0.542. The van der Waals surface area contributed by atoms with Gasteiger partial charge in [-0.15, -0.1) is 0 Å². The Kier molecular flexibility index (Phi) is 3.32. The van der Waals surface area contributed by atoms with Gasteiger partial charge >= 0.3 is 0 Å². The van der Waals surface area contributed by atoms with Gasteiger partial charge in [0.05, 0.1) is 0 Å². The second-order valence-corrected chi connectivity index (χ2v) is 2.55. The van der Waals surface area contributed by atoms with E-state index < -0.39 is 12.5 Å². The van der Waals surface area contributed by atoms with Crippen LogP contribution >= 0.6 is 0 Å². The number of alkyl halides is 2. The number of hydrogen-bond donors (Lipinski definition) is 2.